The first kappa shape index (κ1) is 22.5. The first-order valence-electron chi connectivity index (χ1n) is 9.73. The van der Waals surface area contributed by atoms with Crippen LogP contribution in [-0.2, 0) is 4.79 Å². The van der Waals surface area contributed by atoms with Gasteiger partial charge in [0.2, 0.25) is 5.91 Å². The lowest BCUT2D eigenvalue weighted by molar-refractivity contribution is -0.384. The Balaban J connectivity index is 1.40. The first-order valence-corrected chi connectivity index (χ1v) is 9.73. The monoisotopic (exact) mass is 442 g/mol. The standard InChI is InChI=1S/C21H19FN4O6/c22-17-5-2-1-4-15(17)19(28)24-10-9-23-18(27)6-3-11-25-20(29)14-8-7-13(26(31)32)12-16(14)21(25)30/h1-2,4-5,7-8,12H,3,6,9-11H2,(H,23,27)(H,24,28). The van der Waals surface area contributed by atoms with E-state index in [0.717, 1.165) is 17.0 Å². The second kappa shape index (κ2) is 9.77. The smallest absolute Gasteiger partial charge is 0.270 e. The lowest BCUT2D eigenvalue weighted by Crippen LogP contribution is -2.35. The largest absolute Gasteiger partial charge is 0.354 e. The molecule has 0 saturated heterocycles. The molecule has 1 heterocycles. The highest BCUT2D eigenvalue weighted by molar-refractivity contribution is 6.21. The molecule has 166 valence electrons. The maximum absolute atomic E-state index is 13.5. The summed E-state index contributed by atoms with van der Waals surface area (Å²) in [5, 5.41) is 15.9. The van der Waals surface area contributed by atoms with Crippen molar-refractivity contribution in [3.63, 3.8) is 0 Å². The number of halogens is 1. The third kappa shape index (κ3) is 4.94. The van der Waals surface area contributed by atoms with E-state index in [4.69, 9.17) is 0 Å². The van der Waals surface area contributed by atoms with Crippen molar-refractivity contribution in [2.75, 3.05) is 19.6 Å². The van der Waals surface area contributed by atoms with Gasteiger partial charge in [-0.15, -0.1) is 0 Å². The van der Waals surface area contributed by atoms with Gasteiger partial charge < -0.3 is 10.6 Å². The molecule has 2 aromatic rings. The van der Waals surface area contributed by atoms with E-state index in [1.54, 1.807) is 0 Å². The third-order valence-electron chi connectivity index (χ3n) is 4.80. The van der Waals surface area contributed by atoms with Gasteiger partial charge in [-0.3, -0.25) is 34.2 Å². The number of hydrogen-bond acceptors (Lipinski definition) is 6. The molecule has 0 saturated carbocycles. The molecule has 0 spiro atoms. The number of carbonyl (C=O) groups is 4. The molecule has 3 rings (SSSR count). The van der Waals surface area contributed by atoms with E-state index < -0.39 is 28.5 Å². The molecule has 2 N–H and O–H groups in total. The topological polar surface area (TPSA) is 139 Å². The second-order valence-electron chi connectivity index (χ2n) is 6.94. The molecule has 32 heavy (non-hydrogen) atoms. The van der Waals surface area contributed by atoms with Crippen molar-refractivity contribution in [1.82, 2.24) is 15.5 Å². The van der Waals surface area contributed by atoms with Gasteiger partial charge in [-0.2, -0.15) is 0 Å². The summed E-state index contributed by atoms with van der Waals surface area (Å²) in [7, 11) is 0. The highest BCUT2D eigenvalue weighted by Crippen LogP contribution is 2.26. The predicted octanol–water partition coefficient (Wildman–Crippen LogP) is 1.66. The number of non-ortho nitro benzene ring substituents is 1. The summed E-state index contributed by atoms with van der Waals surface area (Å²) in [6.07, 6.45) is 0.218. The summed E-state index contributed by atoms with van der Waals surface area (Å²) in [5.41, 5.74) is -0.312. The van der Waals surface area contributed by atoms with Gasteiger partial charge in [0.05, 0.1) is 21.6 Å². The summed E-state index contributed by atoms with van der Waals surface area (Å²) < 4.78 is 13.5. The molecule has 0 fully saturated rings. The molecular formula is C21H19FN4O6. The van der Waals surface area contributed by atoms with Crippen LogP contribution in [0.3, 0.4) is 0 Å². The number of nitrogens with one attached hydrogen (secondary N) is 2. The molecule has 0 aliphatic carbocycles. The Hall–Kier alpha value is -4.15. The van der Waals surface area contributed by atoms with E-state index in [1.807, 2.05) is 0 Å². The van der Waals surface area contributed by atoms with Gasteiger partial charge in [0, 0.05) is 38.2 Å². The van der Waals surface area contributed by atoms with Crippen molar-refractivity contribution in [2.45, 2.75) is 12.8 Å². The quantitative estimate of drug-likeness (QED) is 0.262. The second-order valence-corrected chi connectivity index (χ2v) is 6.94. The van der Waals surface area contributed by atoms with Crippen LogP contribution < -0.4 is 10.6 Å². The molecule has 2 aromatic carbocycles. The minimum atomic E-state index is -0.649. The zero-order valence-corrected chi connectivity index (χ0v) is 16.8. The lowest BCUT2D eigenvalue weighted by atomic mass is 10.1. The van der Waals surface area contributed by atoms with Crippen LogP contribution in [-0.4, -0.2) is 53.1 Å². The van der Waals surface area contributed by atoms with Crippen LogP contribution in [0.1, 0.15) is 43.9 Å². The molecule has 1 aliphatic rings. The number of fused-ring (bicyclic) bond motifs is 1. The highest BCUT2D eigenvalue weighted by atomic mass is 19.1. The molecular weight excluding hydrogens is 423 g/mol. The molecule has 0 aromatic heterocycles. The van der Waals surface area contributed by atoms with Crippen LogP contribution in [0.25, 0.3) is 0 Å². The average Bonchev–Trinajstić information content (AvgIpc) is 3.01. The summed E-state index contributed by atoms with van der Waals surface area (Å²) in [6, 6.07) is 9.00. The Morgan fingerprint density at radius 3 is 2.41 bits per heavy atom. The Morgan fingerprint density at radius 2 is 1.69 bits per heavy atom. The van der Waals surface area contributed by atoms with E-state index >= 15 is 0 Å². The summed E-state index contributed by atoms with van der Waals surface area (Å²) >= 11 is 0. The lowest BCUT2D eigenvalue weighted by Gasteiger charge is -2.13. The van der Waals surface area contributed by atoms with Crippen molar-refractivity contribution in [1.29, 1.82) is 0 Å². The van der Waals surface area contributed by atoms with E-state index in [1.165, 1.54) is 30.3 Å². The van der Waals surface area contributed by atoms with E-state index in [0.29, 0.717) is 0 Å². The fraction of sp³-hybridized carbons (Fsp3) is 0.238. The molecule has 4 amide bonds. The van der Waals surface area contributed by atoms with E-state index in [2.05, 4.69) is 10.6 Å². The van der Waals surface area contributed by atoms with Crippen molar-refractivity contribution in [3.05, 3.63) is 75.1 Å². The Morgan fingerprint density at radius 1 is 1.00 bits per heavy atom. The number of amides is 4. The van der Waals surface area contributed by atoms with Crippen LogP contribution >= 0.6 is 0 Å². The number of rotatable bonds is 9. The highest BCUT2D eigenvalue weighted by Gasteiger charge is 2.36. The molecule has 1 aliphatic heterocycles. The first-order chi connectivity index (χ1) is 15.3. The van der Waals surface area contributed by atoms with Crippen LogP contribution in [0, 0.1) is 15.9 Å². The number of hydrogen-bond donors (Lipinski definition) is 2. The molecule has 0 unspecified atom stereocenters. The number of nitro benzene ring substituents is 1. The van der Waals surface area contributed by atoms with Gasteiger partial charge in [-0.05, 0) is 24.6 Å². The van der Waals surface area contributed by atoms with Crippen molar-refractivity contribution in [2.24, 2.45) is 0 Å². The van der Waals surface area contributed by atoms with Crippen LogP contribution in [0.4, 0.5) is 10.1 Å². The molecule has 0 bridgehead atoms. The summed E-state index contributed by atoms with van der Waals surface area (Å²) in [6.45, 7) is 0.198. The third-order valence-corrected chi connectivity index (χ3v) is 4.80. The van der Waals surface area contributed by atoms with Gasteiger partial charge >= 0.3 is 0 Å². The minimum absolute atomic E-state index is 0.0163. The zero-order valence-electron chi connectivity index (χ0n) is 16.8. The SMILES string of the molecule is O=C(CCCN1C(=O)c2ccc([N+](=O)[O-])cc2C1=O)NCCNC(=O)c1ccccc1F. The molecule has 10 nitrogen and oxygen atoms in total. The number of nitro groups is 1. The van der Waals surface area contributed by atoms with Gasteiger partial charge in [-0.25, -0.2) is 4.39 Å². The Kier molecular flexibility index (Phi) is 6.88. The van der Waals surface area contributed by atoms with Crippen LogP contribution in [0.15, 0.2) is 42.5 Å². The normalized spacial score (nSPS) is 12.5. The van der Waals surface area contributed by atoms with Gasteiger partial charge in [0.15, 0.2) is 0 Å². The average molecular weight is 442 g/mol. The van der Waals surface area contributed by atoms with Gasteiger partial charge in [0.25, 0.3) is 23.4 Å². The van der Waals surface area contributed by atoms with E-state index in [-0.39, 0.29) is 60.8 Å². The number of benzene rings is 2. The summed E-state index contributed by atoms with van der Waals surface area (Å²) in [4.78, 5) is 59.7. The zero-order chi connectivity index (χ0) is 23.3. The van der Waals surface area contributed by atoms with Crippen molar-refractivity contribution >= 4 is 29.3 Å². The number of nitrogens with zero attached hydrogens (tertiary/aromatic N) is 2. The van der Waals surface area contributed by atoms with Crippen LogP contribution in [0.5, 0.6) is 0 Å². The number of carbonyl (C=O) groups excluding carboxylic acids is 4. The van der Waals surface area contributed by atoms with E-state index in [9.17, 15) is 33.7 Å². The Bertz CT molecular complexity index is 1100. The summed E-state index contributed by atoms with van der Waals surface area (Å²) in [5.74, 6) is -2.78. The van der Waals surface area contributed by atoms with Crippen molar-refractivity contribution < 1.29 is 28.5 Å². The maximum atomic E-state index is 13.5. The van der Waals surface area contributed by atoms with Gasteiger partial charge in [-0.1, -0.05) is 12.1 Å². The fourth-order valence-corrected chi connectivity index (χ4v) is 3.20. The van der Waals surface area contributed by atoms with Gasteiger partial charge in [0.1, 0.15) is 5.82 Å². The molecule has 0 radical (unpaired) electrons. The van der Waals surface area contributed by atoms with Crippen LogP contribution in [0.2, 0.25) is 0 Å². The predicted molar refractivity (Wildman–Crippen MR) is 109 cm³/mol. The fourth-order valence-electron chi connectivity index (χ4n) is 3.20. The number of imide groups is 1. The molecule has 11 heteroatoms. The minimum Gasteiger partial charge on any atom is -0.354 e. The molecule has 0 atom stereocenters. The Labute approximate surface area is 181 Å². The van der Waals surface area contributed by atoms with Crippen molar-refractivity contribution in [3.8, 4) is 0 Å². The maximum Gasteiger partial charge on any atom is 0.270 e.